The maximum Gasteiger partial charge on any atom is 0.223 e. The van der Waals surface area contributed by atoms with Crippen molar-refractivity contribution in [2.45, 2.75) is 11.3 Å². The van der Waals surface area contributed by atoms with Crippen LogP contribution >= 0.6 is 11.8 Å². The van der Waals surface area contributed by atoms with Gasteiger partial charge in [-0.3, -0.25) is 4.79 Å². The Kier molecular flexibility index (Phi) is 5.01. The highest BCUT2D eigenvalue weighted by Crippen LogP contribution is 2.19. The number of benzene rings is 1. The van der Waals surface area contributed by atoms with Gasteiger partial charge in [-0.25, -0.2) is 4.39 Å². The molecule has 1 aliphatic heterocycles. The summed E-state index contributed by atoms with van der Waals surface area (Å²) in [5.74, 6) is 0.665. The van der Waals surface area contributed by atoms with Crippen molar-refractivity contribution in [1.29, 1.82) is 0 Å². The van der Waals surface area contributed by atoms with E-state index in [2.05, 4.69) is 0 Å². The largest absolute Gasteiger partial charge is 0.378 e. The molecule has 0 bridgehead atoms. The zero-order chi connectivity index (χ0) is 12.8. The molecule has 3 nitrogen and oxygen atoms in total. The lowest BCUT2D eigenvalue weighted by Crippen LogP contribution is -2.40. The number of hydrogen-bond donors (Lipinski definition) is 0. The van der Waals surface area contributed by atoms with Gasteiger partial charge >= 0.3 is 0 Å². The Bertz CT molecular complexity index is 390. The number of morpholine rings is 1. The number of rotatable bonds is 4. The van der Waals surface area contributed by atoms with Crippen LogP contribution in [0.15, 0.2) is 29.2 Å². The number of halogens is 1. The normalized spacial score (nSPS) is 15.7. The average Bonchev–Trinajstić information content (AvgIpc) is 2.42. The summed E-state index contributed by atoms with van der Waals surface area (Å²) >= 11 is 1.58. The van der Waals surface area contributed by atoms with E-state index in [0.717, 1.165) is 10.6 Å². The van der Waals surface area contributed by atoms with Crippen molar-refractivity contribution in [3.63, 3.8) is 0 Å². The van der Waals surface area contributed by atoms with E-state index >= 15 is 0 Å². The van der Waals surface area contributed by atoms with Crippen LogP contribution < -0.4 is 0 Å². The highest BCUT2D eigenvalue weighted by Gasteiger charge is 2.16. The van der Waals surface area contributed by atoms with E-state index in [9.17, 15) is 9.18 Å². The maximum atomic E-state index is 12.7. The first-order chi connectivity index (χ1) is 8.75. The van der Waals surface area contributed by atoms with Crippen molar-refractivity contribution >= 4 is 17.7 Å². The van der Waals surface area contributed by atoms with E-state index in [1.165, 1.54) is 12.1 Å². The second-order valence-electron chi connectivity index (χ2n) is 4.05. The Hall–Kier alpha value is -1.07. The van der Waals surface area contributed by atoms with Gasteiger partial charge in [0.05, 0.1) is 13.2 Å². The third-order valence-electron chi connectivity index (χ3n) is 2.76. The Labute approximate surface area is 110 Å². The van der Waals surface area contributed by atoms with Crippen molar-refractivity contribution in [2.75, 3.05) is 32.1 Å². The van der Waals surface area contributed by atoms with Gasteiger partial charge in [0.25, 0.3) is 0 Å². The van der Waals surface area contributed by atoms with Crippen LogP contribution in [0.3, 0.4) is 0 Å². The zero-order valence-electron chi connectivity index (χ0n) is 10.1. The molecule has 1 fully saturated rings. The fourth-order valence-corrected chi connectivity index (χ4v) is 2.60. The van der Waals surface area contributed by atoms with Crippen LogP contribution in [0.4, 0.5) is 4.39 Å². The molecule has 0 spiro atoms. The molecular formula is C13H16FNO2S. The summed E-state index contributed by atoms with van der Waals surface area (Å²) in [7, 11) is 0. The van der Waals surface area contributed by atoms with Gasteiger partial charge in [0.15, 0.2) is 0 Å². The van der Waals surface area contributed by atoms with Gasteiger partial charge in [-0.15, -0.1) is 11.8 Å². The van der Waals surface area contributed by atoms with Gasteiger partial charge in [0.1, 0.15) is 5.82 Å². The average molecular weight is 269 g/mol. The van der Waals surface area contributed by atoms with Crippen molar-refractivity contribution in [3.05, 3.63) is 30.1 Å². The smallest absolute Gasteiger partial charge is 0.223 e. The first-order valence-corrected chi connectivity index (χ1v) is 6.98. The maximum absolute atomic E-state index is 12.7. The molecule has 5 heteroatoms. The molecule has 0 radical (unpaired) electrons. The molecule has 1 saturated heterocycles. The molecule has 1 aromatic carbocycles. The van der Waals surface area contributed by atoms with Gasteiger partial charge < -0.3 is 9.64 Å². The van der Waals surface area contributed by atoms with Gasteiger partial charge in [0, 0.05) is 30.2 Å². The SMILES string of the molecule is O=C(CCSc1ccc(F)cc1)N1CCOCC1. The molecule has 98 valence electrons. The summed E-state index contributed by atoms with van der Waals surface area (Å²) in [6.07, 6.45) is 0.516. The van der Waals surface area contributed by atoms with Crippen LogP contribution in [0.2, 0.25) is 0 Å². The summed E-state index contributed by atoms with van der Waals surface area (Å²) in [5.41, 5.74) is 0. The fraction of sp³-hybridized carbons (Fsp3) is 0.462. The van der Waals surface area contributed by atoms with Crippen molar-refractivity contribution in [2.24, 2.45) is 0 Å². The van der Waals surface area contributed by atoms with Crippen LogP contribution in [0.25, 0.3) is 0 Å². The Morgan fingerprint density at radius 3 is 2.61 bits per heavy atom. The third kappa shape index (κ3) is 3.99. The van der Waals surface area contributed by atoms with E-state index < -0.39 is 0 Å². The lowest BCUT2D eigenvalue weighted by atomic mass is 10.3. The van der Waals surface area contributed by atoms with E-state index in [4.69, 9.17) is 4.74 Å². The van der Waals surface area contributed by atoms with Crippen LogP contribution in [0.5, 0.6) is 0 Å². The number of carbonyl (C=O) groups is 1. The molecule has 0 saturated carbocycles. The van der Waals surface area contributed by atoms with E-state index in [1.54, 1.807) is 23.9 Å². The zero-order valence-corrected chi connectivity index (χ0v) is 10.9. The number of carbonyl (C=O) groups excluding carboxylic acids is 1. The van der Waals surface area contributed by atoms with Gasteiger partial charge in [-0.2, -0.15) is 0 Å². The van der Waals surface area contributed by atoms with E-state index in [0.29, 0.717) is 32.7 Å². The van der Waals surface area contributed by atoms with Crippen LogP contribution in [-0.4, -0.2) is 42.9 Å². The van der Waals surface area contributed by atoms with Crippen molar-refractivity contribution < 1.29 is 13.9 Å². The fourth-order valence-electron chi connectivity index (χ4n) is 1.76. The summed E-state index contributed by atoms with van der Waals surface area (Å²) < 4.78 is 17.9. The second kappa shape index (κ2) is 6.75. The summed E-state index contributed by atoms with van der Waals surface area (Å²) in [6, 6.07) is 6.34. The standard InChI is InChI=1S/C13H16FNO2S/c14-11-1-3-12(4-2-11)18-10-5-13(16)15-6-8-17-9-7-15/h1-4H,5-10H2. The minimum atomic E-state index is -0.233. The molecule has 1 amide bonds. The highest BCUT2D eigenvalue weighted by atomic mass is 32.2. The molecule has 1 aliphatic rings. The molecule has 0 atom stereocenters. The second-order valence-corrected chi connectivity index (χ2v) is 5.21. The lowest BCUT2D eigenvalue weighted by Gasteiger charge is -2.26. The molecule has 0 unspecified atom stereocenters. The minimum absolute atomic E-state index is 0.174. The molecule has 2 rings (SSSR count). The van der Waals surface area contributed by atoms with Gasteiger partial charge in [-0.05, 0) is 24.3 Å². The molecule has 1 aromatic rings. The number of thioether (sulfide) groups is 1. The van der Waals surface area contributed by atoms with Crippen LogP contribution in [-0.2, 0) is 9.53 Å². The third-order valence-corrected chi connectivity index (χ3v) is 3.78. The lowest BCUT2D eigenvalue weighted by molar-refractivity contribution is -0.134. The Morgan fingerprint density at radius 2 is 1.94 bits per heavy atom. The van der Waals surface area contributed by atoms with Crippen LogP contribution in [0, 0.1) is 5.82 Å². The Morgan fingerprint density at radius 1 is 1.28 bits per heavy atom. The van der Waals surface area contributed by atoms with E-state index in [1.807, 2.05) is 4.90 Å². The number of ether oxygens (including phenoxy) is 1. The first kappa shape index (κ1) is 13.4. The molecule has 1 heterocycles. The predicted molar refractivity (Wildman–Crippen MR) is 69.1 cm³/mol. The molecule has 18 heavy (non-hydrogen) atoms. The van der Waals surface area contributed by atoms with Gasteiger partial charge in [0.2, 0.25) is 5.91 Å². The van der Waals surface area contributed by atoms with E-state index in [-0.39, 0.29) is 11.7 Å². The predicted octanol–water partition coefficient (Wildman–Crippen LogP) is 2.17. The number of hydrogen-bond acceptors (Lipinski definition) is 3. The molecule has 0 aliphatic carbocycles. The first-order valence-electron chi connectivity index (χ1n) is 5.99. The Balaban J connectivity index is 1.71. The monoisotopic (exact) mass is 269 g/mol. The van der Waals surface area contributed by atoms with Crippen molar-refractivity contribution in [1.82, 2.24) is 4.90 Å². The quantitative estimate of drug-likeness (QED) is 0.785. The summed E-state index contributed by atoms with van der Waals surface area (Å²) in [6.45, 7) is 2.66. The molecule has 0 N–H and O–H groups in total. The van der Waals surface area contributed by atoms with Crippen molar-refractivity contribution in [3.8, 4) is 0 Å². The summed E-state index contributed by atoms with van der Waals surface area (Å²) in [5, 5.41) is 0. The van der Waals surface area contributed by atoms with Crippen LogP contribution in [0.1, 0.15) is 6.42 Å². The topological polar surface area (TPSA) is 29.5 Å². The highest BCUT2D eigenvalue weighted by molar-refractivity contribution is 7.99. The summed E-state index contributed by atoms with van der Waals surface area (Å²) in [4.78, 5) is 14.7. The molecular weight excluding hydrogens is 253 g/mol. The molecule has 0 aromatic heterocycles. The van der Waals surface area contributed by atoms with Gasteiger partial charge in [-0.1, -0.05) is 0 Å². The number of nitrogens with zero attached hydrogens (tertiary/aromatic N) is 1. The minimum Gasteiger partial charge on any atom is -0.378 e. The number of amides is 1.